The van der Waals surface area contributed by atoms with Crippen LogP contribution in [-0.4, -0.2) is 21.8 Å². The highest BCUT2D eigenvalue weighted by molar-refractivity contribution is 7.80. The van der Waals surface area contributed by atoms with Crippen LogP contribution in [0.25, 0.3) is 0 Å². The van der Waals surface area contributed by atoms with Crippen LogP contribution in [0, 0.1) is 0 Å². The van der Waals surface area contributed by atoms with Crippen molar-refractivity contribution in [1.82, 2.24) is 14.9 Å². The number of methoxy groups -OCH3 is 1. The third-order valence-corrected chi connectivity index (χ3v) is 6.58. The highest BCUT2D eigenvalue weighted by Crippen LogP contribution is 2.44. The summed E-state index contributed by atoms with van der Waals surface area (Å²) in [7, 11) is 1.69. The summed E-state index contributed by atoms with van der Waals surface area (Å²) in [5.41, 5.74) is 3.29. The normalized spacial score (nSPS) is 21.8. The number of nitrogens with zero attached hydrogens (tertiary/aromatic N) is 3. The molecule has 1 aliphatic heterocycles. The summed E-state index contributed by atoms with van der Waals surface area (Å²) in [6.45, 7) is 0. The van der Waals surface area contributed by atoms with Crippen molar-refractivity contribution in [2.45, 2.75) is 43.8 Å². The van der Waals surface area contributed by atoms with Gasteiger partial charge in [-0.2, -0.15) is 0 Å². The number of hydrogen-bond donors (Lipinski definition) is 1. The second-order valence-corrected chi connectivity index (χ2v) is 8.36. The Morgan fingerprint density at radius 3 is 2.70 bits per heavy atom. The number of ether oxygens (including phenoxy) is 1. The summed E-state index contributed by atoms with van der Waals surface area (Å²) < 4.78 is 7.95. The van der Waals surface area contributed by atoms with E-state index >= 15 is 0 Å². The number of rotatable bonds is 5. The Morgan fingerprint density at radius 1 is 1.07 bits per heavy atom. The quantitative estimate of drug-likeness (QED) is 0.578. The third-order valence-electron chi connectivity index (χ3n) is 6.26. The first kappa shape index (κ1) is 19.1. The van der Waals surface area contributed by atoms with Gasteiger partial charge in [-0.05, 0) is 61.5 Å². The van der Waals surface area contributed by atoms with Crippen LogP contribution in [-0.2, 0) is 0 Å². The van der Waals surface area contributed by atoms with Gasteiger partial charge in [0.05, 0.1) is 18.8 Å². The lowest BCUT2D eigenvalue weighted by molar-refractivity contribution is 0.414. The number of pyridine rings is 1. The molecule has 0 bridgehead atoms. The molecule has 0 unspecified atom stereocenters. The van der Waals surface area contributed by atoms with Crippen molar-refractivity contribution in [2.24, 2.45) is 0 Å². The lowest BCUT2D eigenvalue weighted by Crippen LogP contribution is -2.30. The molecule has 30 heavy (non-hydrogen) atoms. The summed E-state index contributed by atoms with van der Waals surface area (Å²) in [5, 5.41) is 4.26. The highest BCUT2D eigenvalue weighted by Gasteiger charge is 2.42. The average Bonchev–Trinajstić information content (AvgIpc) is 3.53. The summed E-state index contributed by atoms with van der Waals surface area (Å²) >= 11 is 5.85. The number of nitrogens with one attached hydrogen (secondary N) is 1. The number of aromatic nitrogens is 2. The molecule has 154 valence electrons. The molecular formula is C24H26N4OS. The molecule has 3 aromatic rings. The molecule has 1 aliphatic carbocycles. The first-order valence-corrected chi connectivity index (χ1v) is 11.0. The molecular weight excluding hydrogens is 392 g/mol. The van der Waals surface area contributed by atoms with Crippen LogP contribution in [0.2, 0.25) is 0 Å². The van der Waals surface area contributed by atoms with E-state index < -0.39 is 0 Å². The highest BCUT2D eigenvalue weighted by atomic mass is 32.1. The van der Waals surface area contributed by atoms with Gasteiger partial charge in [-0.25, -0.2) is 0 Å². The number of thiocarbonyl (C=S) groups is 1. The zero-order valence-corrected chi connectivity index (χ0v) is 17.9. The van der Waals surface area contributed by atoms with E-state index in [4.69, 9.17) is 17.0 Å². The molecule has 0 spiro atoms. The first-order valence-electron chi connectivity index (χ1n) is 10.6. The summed E-state index contributed by atoms with van der Waals surface area (Å²) in [6.07, 6.45) is 9.15. The molecule has 2 aliphatic rings. The summed E-state index contributed by atoms with van der Waals surface area (Å²) in [5.74, 6) is 0.821. The van der Waals surface area contributed by atoms with E-state index in [1.165, 1.54) is 31.4 Å². The van der Waals surface area contributed by atoms with Gasteiger partial charge >= 0.3 is 0 Å². The molecule has 2 fully saturated rings. The SMILES string of the molecule is COc1cccc(N2C(=S)N[C@H](c3ccccn3)[C@@H]2c2cccn2C2CCCC2)c1. The van der Waals surface area contributed by atoms with Crippen LogP contribution in [0.4, 0.5) is 5.69 Å². The Morgan fingerprint density at radius 2 is 1.93 bits per heavy atom. The predicted octanol–water partition coefficient (Wildman–Crippen LogP) is 5.18. The van der Waals surface area contributed by atoms with Gasteiger partial charge in [-0.1, -0.05) is 25.0 Å². The van der Waals surface area contributed by atoms with Crippen LogP contribution >= 0.6 is 12.2 Å². The van der Waals surface area contributed by atoms with E-state index in [2.05, 4.69) is 50.2 Å². The topological polar surface area (TPSA) is 42.3 Å². The monoisotopic (exact) mass is 418 g/mol. The molecule has 0 radical (unpaired) electrons. The number of benzene rings is 1. The lowest BCUT2D eigenvalue weighted by Gasteiger charge is -2.30. The maximum Gasteiger partial charge on any atom is 0.174 e. The van der Waals surface area contributed by atoms with Crippen LogP contribution in [0.15, 0.2) is 67.0 Å². The van der Waals surface area contributed by atoms with E-state index in [0.29, 0.717) is 11.2 Å². The van der Waals surface area contributed by atoms with Crippen molar-refractivity contribution >= 4 is 23.0 Å². The summed E-state index contributed by atoms with van der Waals surface area (Å²) in [6, 6.07) is 19.1. The Labute approximate surface area is 182 Å². The van der Waals surface area contributed by atoms with Gasteiger partial charge in [0.2, 0.25) is 0 Å². The van der Waals surface area contributed by atoms with Gasteiger partial charge < -0.3 is 19.5 Å². The van der Waals surface area contributed by atoms with Gasteiger partial charge in [-0.3, -0.25) is 4.98 Å². The fourth-order valence-corrected chi connectivity index (χ4v) is 5.21. The average molecular weight is 419 g/mol. The molecule has 3 heterocycles. The van der Waals surface area contributed by atoms with Crippen molar-refractivity contribution in [1.29, 1.82) is 0 Å². The molecule has 1 saturated heterocycles. The van der Waals surface area contributed by atoms with Crippen LogP contribution in [0.5, 0.6) is 5.75 Å². The number of hydrogen-bond acceptors (Lipinski definition) is 3. The molecule has 1 aromatic carbocycles. The zero-order chi connectivity index (χ0) is 20.5. The Kier molecular flexibility index (Phi) is 5.17. The third kappa shape index (κ3) is 3.35. The van der Waals surface area contributed by atoms with Gasteiger partial charge in [0.25, 0.3) is 0 Å². The molecule has 2 atom stereocenters. The van der Waals surface area contributed by atoms with E-state index in [1.54, 1.807) is 7.11 Å². The molecule has 1 N–H and O–H groups in total. The van der Waals surface area contributed by atoms with E-state index in [-0.39, 0.29) is 12.1 Å². The number of anilines is 1. The largest absolute Gasteiger partial charge is 0.497 e. The minimum absolute atomic E-state index is 0.00936. The molecule has 6 heteroatoms. The molecule has 2 aromatic heterocycles. The smallest absolute Gasteiger partial charge is 0.174 e. The van der Waals surface area contributed by atoms with E-state index in [9.17, 15) is 0 Å². The van der Waals surface area contributed by atoms with E-state index in [0.717, 1.165) is 17.1 Å². The summed E-state index contributed by atoms with van der Waals surface area (Å²) in [4.78, 5) is 6.88. The van der Waals surface area contributed by atoms with Gasteiger partial charge in [0.1, 0.15) is 11.8 Å². The van der Waals surface area contributed by atoms with Crippen molar-refractivity contribution in [2.75, 3.05) is 12.0 Å². The standard InChI is InChI=1S/C24H26N4OS/c1-29-19-11-6-10-18(16-19)28-23(21-13-7-15-27(21)17-8-2-3-9-17)22(26-24(28)30)20-12-4-5-14-25-20/h4-7,10-17,22-23H,2-3,8-9H2,1H3,(H,26,30)/t22-,23+/m1/s1. The second kappa shape index (κ2) is 8.11. The fourth-order valence-electron chi connectivity index (χ4n) is 4.87. The van der Waals surface area contributed by atoms with Crippen molar-refractivity contribution < 1.29 is 4.74 Å². The van der Waals surface area contributed by atoms with Crippen molar-refractivity contribution in [3.8, 4) is 5.75 Å². The van der Waals surface area contributed by atoms with Gasteiger partial charge in [0, 0.05) is 35.9 Å². The maximum atomic E-state index is 5.85. The molecule has 5 nitrogen and oxygen atoms in total. The Bertz CT molecular complexity index is 1030. The minimum atomic E-state index is -0.0278. The molecule has 1 saturated carbocycles. The fraction of sp³-hybridized carbons (Fsp3) is 0.333. The maximum absolute atomic E-state index is 5.85. The zero-order valence-electron chi connectivity index (χ0n) is 17.1. The van der Waals surface area contributed by atoms with Crippen LogP contribution < -0.4 is 15.0 Å². The minimum Gasteiger partial charge on any atom is -0.497 e. The lowest BCUT2D eigenvalue weighted by atomic mass is 10.00. The van der Waals surface area contributed by atoms with Crippen LogP contribution in [0.3, 0.4) is 0 Å². The van der Waals surface area contributed by atoms with Crippen molar-refractivity contribution in [3.05, 3.63) is 78.4 Å². The van der Waals surface area contributed by atoms with Crippen molar-refractivity contribution in [3.63, 3.8) is 0 Å². The second-order valence-electron chi connectivity index (χ2n) is 7.98. The molecule has 5 rings (SSSR count). The predicted molar refractivity (Wildman–Crippen MR) is 123 cm³/mol. The van der Waals surface area contributed by atoms with Crippen LogP contribution in [0.1, 0.15) is 55.2 Å². The van der Waals surface area contributed by atoms with E-state index in [1.807, 2.05) is 36.5 Å². The van der Waals surface area contributed by atoms with Gasteiger partial charge in [0.15, 0.2) is 5.11 Å². The van der Waals surface area contributed by atoms with Gasteiger partial charge in [-0.15, -0.1) is 0 Å². The Balaban J connectivity index is 1.63. The Hall–Kier alpha value is -2.86. The first-order chi connectivity index (χ1) is 14.8. The molecule has 0 amide bonds.